The van der Waals surface area contributed by atoms with Gasteiger partial charge in [-0.15, -0.1) is 11.3 Å². The van der Waals surface area contributed by atoms with Crippen LogP contribution in [0.2, 0.25) is 0 Å². The van der Waals surface area contributed by atoms with E-state index in [1.807, 2.05) is 13.0 Å². The molecule has 25 heavy (non-hydrogen) atoms. The number of amides is 2. The standard InChI is InChI=1S/C17H17F3N2O2S/c1-11-2-7-14(25-11)16(24)22-10-15(23)21-9-8-12-3-5-13(6-4-12)17(18,19)20/h2-7H,8-10H2,1H3,(H,21,23)(H,22,24). The summed E-state index contributed by atoms with van der Waals surface area (Å²) in [6, 6.07) is 8.31. The van der Waals surface area contributed by atoms with Crippen LogP contribution in [0, 0.1) is 6.92 Å². The molecule has 0 bridgehead atoms. The Bertz CT molecular complexity index is 739. The van der Waals surface area contributed by atoms with Crippen LogP contribution < -0.4 is 10.6 Å². The Balaban J connectivity index is 1.71. The monoisotopic (exact) mass is 370 g/mol. The zero-order valence-corrected chi connectivity index (χ0v) is 14.3. The highest BCUT2D eigenvalue weighted by molar-refractivity contribution is 7.13. The van der Waals surface area contributed by atoms with E-state index in [0.29, 0.717) is 16.9 Å². The van der Waals surface area contributed by atoms with Crippen molar-refractivity contribution >= 4 is 23.2 Å². The number of halogens is 3. The number of alkyl halides is 3. The van der Waals surface area contributed by atoms with Gasteiger partial charge in [-0.25, -0.2) is 0 Å². The maximum absolute atomic E-state index is 12.5. The van der Waals surface area contributed by atoms with E-state index in [4.69, 9.17) is 0 Å². The summed E-state index contributed by atoms with van der Waals surface area (Å²) in [5.74, 6) is -0.662. The first-order valence-electron chi connectivity index (χ1n) is 7.53. The van der Waals surface area contributed by atoms with E-state index in [-0.39, 0.29) is 24.9 Å². The predicted molar refractivity (Wildman–Crippen MR) is 89.5 cm³/mol. The van der Waals surface area contributed by atoms with Gasteiger partial charge in [-0.1, -0.05) is 12.1 Å². The van der Waals surface area contributed by atoms with Gasteiger partial charge < -0.3 is 10.6 Å². The highest BCUT2D eigenvalue weighted by Crippen LogP contribution is 2.29. The second kappa shape index (κ2) is 8.15. The Kier molecular flexibility index (Phi) is 6.19. The average Bonchev–Trinajstić information content (AvgIpc) is 2.99. The van der Waals surface area contributed by atoms with Crippen LogP contribution >= 0.6 is 11.3 Å². The van der Waals surface area contributed by atoms with E-state index in [9.17, 15) is 22.8 Å². The molecular formula is C17H17F3N2O2S. The fourth-order valence-corrected chi connectivity index (χ4v) is 2.86. The zero-order chi connectivity index (χ0) is 18.4. The number of nitrogens with one attached hydrogen (secondary N) is 2. The lowest BCUT2D eigenvalue weighted by Gasteiger charge is -2.09. The van der Waals surface area contributed by atoms with Crippen LogP contribution in [0.4, 0.5) is 13.2 Å². The van der Waals surface area contributed by atoms with Gasteiger partial charge in [-0.2, -0.15) is 13.2 Å². The summed E-state index contributed by atoms with van der Waals surface area (Å²) < 4.78 is 37.4. The van der Waals surface area contributed by atoms with Gasteiger partial charge in [0.15, 0.2) is 0 Å². The normalized spacial score (nSPS) is 11.2. The molecule has 1 heterocycles. The minimum atomic E-state index is -4.36. The van der Waals surface area contributed by atoms with E-state index in [1.165, 1.54) is 23.5 Å². The van der Waals surface area contributed by atoms with Gasteiger partial charge in [0.05, 0.1) is 17.0 Å². The van der Waals surface area contributed by atoms with Crippen LogP contribution in [-0.2, 0) is 17.4 Å². The fraction of sp³-hybridized carbons (Fsp3) is 0.294. The molecular weight excluding hydrogens is 353 g/mol. The minimum absolute atomic E-state index is 0.150. The quantitative estimate of drug-likeness (QED) is 0.821. The lowest BCUT2D eigenvalue weighted by atomic mass is 10.1. The third-order valence-electron chi connectivity index (χ3n) is 3.39. The van der Waals surface area contributed by atoms with Crippen LogP contribution in [0.3, 0.4) is 0 Å². The molecule has 2 amide bonds. The molecule has 8 heteroatoms. The molecule has 0 aliphatic rings. The molecule has 1 aromatic heterocycles. The number of hydrogen-bond acceptors (Lipinski definition) is 3. The summed E-state index contributed by atoms with van der Waals surface area (Å²) in [7, 11) is 0. The van der Waals surface area contributed by atoms with Crippen molar-refractivity contribution in [1.29, 1.82) is 0 Å². The Morgan fingerprint density at radius 2 is 1.72 bits per heavy atom. The third kappa shape index (κ3) is 5.90. The fourth-order valence-electron chi connectivity index (χ4n) is 2.07. The number of hydrogen-bond donors (Lipinski definition) is 2. The van der Waals surface area contributed by atoms with E-state index < -0.39 is 11.7 Å². The number of aryl methyl sites for hydroxylation is 1. The van der Waals surface area contributed by atoms with Crippen molar-refractivity contribution in [2.75, 3.05) is 13.1 Å². The molecule has 2 aromatic rings. The molecule has 2 rings (SSSR count). The first kappa shape index (κ1) is 19.0. The van der Waals surface area contributed by atoms with Crippen LogP contribution in [0.25, 0.3) is 0 Å². The van der Waals surface area contributed by atoms with Crippen LogP contribution in [-0.4, -0.2) is 24.9 Å². The summed E-state index contributed by atoms with van der Waals surface area (Å²) in [5, 5.41) is 5.13. The smallest absolute Gasteiger partial charge is 0.354 e. The summed E-state index contributed by atoms with van der Waals surface area (Å²) in [6.45, 7) is 2.01. The molecule has 0 aliphatic heterocycles. The third-order valence-corrected chi connectivity index (χ3v) is 4.39. The van der Waals surface area contributed by atoms with E-state index >= 15 is 0 Å². The second-order valence-electron chi connectivity index (χ2n) is 5.39. The second-order valence-corrected chi connectivity index (χ2v) is 6.68. The lowest BCUT2D eigenvalue weighted by molar-refractivity contribution is -0.137. The molecule has 134 valence electrons. The van der Waals surface area contributed by atoms with Crippen molar-refractivity contribution in [2.45, 2.75) is 19.5 Å². The molecule has 0 fully saturated rings. The Morgan fingerprint density at radius 3 is 2.28 bits per heavy atom. The van der Waals surface area contributed by atoms with Gasteiger partial charge in [0.1, 0.15) is 0 Å². The van der Waals surface area contributed by atoms with Crippen LogP contribution in [0.1, 0.15) is 25.7 Å². The lowest BCUT2D eigenvalue weighted by Crippen LogP contribution is -2.37. The molecule has 0 saturated carbocycles. The van der Waals surface area contributed by atoms with Gasteiger partial charge in [0.25, 0.3) is 5.91 Å². The Labute approximate surface area is 147 Å². The first-order valence-corrected chi connectivity index (χ1v) is 8.35. The molecule has 0 radical (unpaired) electrons. The molecule has 4 nitrogen and oxygen atoms in total. The summed E-state index contributed by atoms with van der Waals surface area (Å²) in [6.07, 6.45) is -3.95. The highest BCUT2D eigenvalue weighted by Gasteiger charge is 2.29. The number of benzene rings is 1. The van der Waals surface area contributed by atoms with Gasteiger partial charge >= 0.3 is 6.18 Å². The molecule has 0 unspecified atom stereocenters. The van der Waals surface area contributed by atoms with Crippen molar-refractivity contribution in [1.82, 2.24) is 10.6 Å². The van der Waals surface area contributed by atoms with Crippen LogP contribution in [0.15, 0.2) is 36.4 Å². The van der Waals surface area contributed by atoms with Crippen LogP contribution in [0.5, 0.6) is 0 Å². The summed E-state index contributed by atoms with van der Waals surface area (Å²) in [4.78, 5) is 25.0. The Hall–Kier alpha value is -2.35. The molecule has 0 atom stereocenters. The molecule has 0 aliphatic carbocycles. The molecule has 1 aromatic carbocycles. The average molecular weight is 370 g/mol. The van der Waals surface area contributed by atoms with Crippen molar-refractivity contribution in [3.63, 3.8) is 0 Å². The number of carbonyl (C=O) groups is 2. The first-order chi connectivity index (χ1) is 11.8. The number of rotatable bonds is 6. The maximum Gasteiger partial charge on any atom is 0.416 e. The molecule has 2 N–H and O–H groups in total. The Morgan fingerprint density at radius 1 is 1.04 bits per heavy atom. The molecule has 0 spiro atoms. The van der Waals surface area contributed by atoms with E-state index in [1.54, 1.807) is 6.07 Å². The number of carbonyl (C=O) groups excluding carboxylic acids is 2. The molecule has 0 saturated heterocycles. The van der Waals surface area contributed by atoms with Crippen molar-refractivity contribution in [2.24, 2.45) is 0 Å². The van der Waals surface area contributed by atoms with E-state index in [0.717, 1.165) is 17.0 Å². The van der Waals surface area contributed by atoms with E-state index in [2.05, 4.69) is 10.6 Å². The zero-order valence-electron chi connectivity index (χ0n) is 13.4. The van der Waals surface area contributed by atoms with Crippen molar-refractivity contribution < 1.29 is 22.8 Å². The topological polar surface area (TPSA) is 58.2 Å². The predicted octanol–water partition coefficient (Wildman–Crippen LogP) is 3.16. The SMILES string of the molecule is Cc1ccc(C(=O)NCC(=O)NCCc2ccc(C(F)(F)F)cc2)s1. The highest BCUT2D eigenvalue weighted by atomic mass is 32.1. The number of thiophene rings is 1. The summed E-state index contributed by atoms with van der Waals surface area (Å²) in [5.41, 5.74) is -0.0155. The minimum Gasteiger partial charge on any atom is -0.354 e. The van der Waals surface area contributed by atoms with Crippen molar-refractivity contribution in [3.05, 3.63) is 57.3 Å². The van der Waals surface area contributed by atoms with Gasteiger partial charge in [-0.3, -0.25) is 9.59 Å². The largest absolute Gasteiger partial charge is 0.416 e. The maximum atomic E-state index is 12.5. The van der Waals surface area contributed by atoms with Gasteiger partial charge in [0, 0.05) is 11.4 Å². The van der Waals surface area contributed by atoms with Gasteiger partial charge in [0.2, 0.25) is 5.91 Å². The van der Waals surface area contributed by atoms with Crippen molar-refractivity contribution in [3.8, 4) is 0 Å². The summed E-state index contributed by atoms with van der Waals surface area (Å²) >= 11 is 1.34. The van der Waals surface area contributed by atoms with Gasteiger partial charge in [-0.05, 0) is 43.2 Å².